The number of fused-ring (bicyclic) bond motifs is 2. The van der Waals surface area contributed by atoms with Crippen LogP contribution in [0.2, 0.25) is 0 Å². The van der Waals surface area contributed by atoms with Crippen LogP contribution in [-0.2, 0) is 13.1 Å². The Balaban J connectivity index is 1.70. The Morgan fingerprint density at radius 1 is 1.17 bits per heavy atom. The number of carbonyl (C=O) groups is 1. The van der Waals surface area contributed by atoms with Crippen LogP contribution in [0.4, 0.5) is 0 Å². The van der Waals surface area contributed by atoms with Crippen molar-refractivity contribution in [1.29, 1.82) is 0 Å². The van der Waals surface area contributed by atoms with E-state index >= 15 is 0 Å². The van der Waals surface area contributed by atoms with Crippen molar-refractivity contribution in [2.24, 2.45) is 0 Å². The highest BCUT2D eigenvalue weighted by atomic mass is 16.2. The summed E-state index contributed by atoms with van der Waals surface area (Å²) in [5, 5.41) is 1.94. The Morgan fingerprint density at radius 3 is 2.91 bits per heavy atom. The fraction of sp³-hybridized carbons (Fsp3) is 0.278. The van der Waals surface area contributed by atoms with Gasteiger partial charge in [0, 0.05) is 42.1 Å². The van der Waals surface area contributed by atoms with Crippen LogP contribution in [0.1, 0.15) is 27.6 Å². The van der Waals surface area contributed by atoms with E-state index in [4.69, 9.17) is 0 Å². The summed E-state index contributed by atoms with van der Waals surface area (Å²) in [6.07, 6.45) is 3.52. The smallest absolute Gasteiger partial charge is 0.255 e. The number of amides is 1. The molecule has 1 aliphatic heterocycles. The van der Waals surface area contributed by atoms with E-state index in [1.54, 1.807) is 12.4 Å². The molecular weight excluding hydrogens is 288 g/mol. The molecule has 1 amide bonds. The van der Waals surface area contributed by atoms with Gasteiger partial charge in [0.15, 0.2) is 0 Å². The molecule has 1 aromatic carbocycles. The third kappa shape index (κ3) is 2.20. The van der Waals surface area contributed by atoms with Gasteiger partial charge in [0.2, 0.25) is 0 Å². The van der Waals surface area contributed by atoms with Gasteiger partial charge in [0.05, 0.1) is 12.2 Å². The predicted molar refractivity (Wildman–Crippen MR) is 88.2 cm³/mol. The van der Waals surface area contributed by atoms with Crippen molar-refractivity contribution in [2.75, 3.05) is 6.54 Å². The lowest BCUT2D eigenvalue weighted by molar-refractivity contribution is 0.0708. The van der Waals surface area contributed by atoms with Gasteiger partial charge in [-0.1, -0.05) is 12.1 Å². The van der Waals surface area contributed by atoms with E-state index in [-0.39, 0.29) is 5.91 Å². The average Bonchev–Trinajstić information content (AvgIpc) is 2.87. The molecule has 5 heteroatoms. The van der Waals surface area contributed by atoms with E-state index in [0.29, 0.717) is 18.7 Å². The molecule has 5 nitrogen and oxygen atoms in total. The molecule has 0 atom stereocenters. The lowest BCUT2D eigenvalue weighted by Crippen LogP contribution is -2.38. The number of hydrogen-bond donors (Lipinski definition) is 0. The second kappa shape index (κ2) is 5.19. The highest BCUT2D eigenvalue weighted by Crippen LogP contribution is 2.22. The molecule has 116 valence electrons. The van der Waals surface area contributed by atoms with Crippen molar-refractivity contribution < 1.29 is 4.79 Å². The Kier molecular flexibility index (Phi) is 3.15. The second-order valence-corrected chi connectivity index (χ2v) is 5.98. The third-order valence-corrected chi connectivity index (χ3v) is 4.66. The maximum atomic E-state index is 13.0. The molecule has 4 rings (SSSR count). The fourth-order valence-electron chi connectivity index (χ4n) is 3.26. The average molecular weight is 306 g/mol. The quantitative estimate of drug-likeness (QED) is 0.694. The first-order valence-electron chi connectivity index (χ1n) is 7.80. The van der Waals surface area contributed by atoms with Crippen molar-refractivity contribution in [1.82, 2.24) is 19.4 Å². The second-order valence-electron chi connectivity index (χ2n) is 5.98. The zero-order valence-corrected chi connectivity index (χ0v) is 13.3. The van der Waals surface area contributed by atoms with E-state index in [1.807, 2.05) is 36.1 Å². The van der Waals surface area contributed by atoms with Gasteiger partial charge < -0.3 is 9.47 Å². The van der Waals surface area contributed by atoms with Crippen molar-refractivity contribution in [3.05, 3.63) is 59.4 Å². The number of imidazole rings is 1. The summed E-state index contributed by atoms with van der Waals surface area (Å²) in [5.41, 5.74) is 2.95. The van der Waals surface area contributed by atoms with Crippen molar-refractivity contribution >= 4 is 16.7 Å². The van der Waals surface area contributed by atoms with Gasteiger partial charge in [0.25, 0.3) is 5.91 Å². The van der Waals surface area contributed by atoms with Crippen LogP contribution < -0.4 is 0 Å². The molecule has 0 fully saturated rings. The van der Waals surface area contributed by atoms with Gasteiger partial charge in [-0.05, 0) is 31.4 Å². The third-order valence-electron chi connectivity index (χ3n) is 4.66. The monoisotopic (exact) mass is 306 g/mol. The van der Waals surface area contributed by atoms with E-state index in [9.17, 15) is 4.79 Å². The van der Waals surface area contributed by atoms with Crippen LogP contribution >= 0.6 is 0 Å². The van der Waals surface area contributed by atoms with Crippen LogP contribution in [0, 0.1) is 13.8 Å². The molecule has 0 spiro atoms. The molecule has 0 bridgehead atoms. The number of rotatable bonds is 1. The van der Waals surface area contributed by atoms with Crippen molar-refractivity contribution in [2.45, 2.75) is 26.9 Å². The summed E-state index contributed by atoms with van der Waals surface area (Å²) >= 11 is 0. The number of benzene rings is 1. The molecule has 0 unspecified atom stereocenters. The topological polar surface area (TPSA) is 51.0 Å². The van der Waals surface area contributed by atoms with E-state index in [1.165, 1.54) is 5.69 Å². The number of carbonyl (C=O) groups excluding carboxylic acids is 1. The highest BCUT2D eigenvalue weighted by Gasteiger charge is 2.25. The maximum Gasteiger partial charge on any atom is 0.255 e. The Hall–Kier alpha value is -2.69. The van der Waals surface area contributed by atoms with Crippen LogP contribution in [0.3, 0.4) is 0 Å². The van der Waals surface area contributed by atoms with Crippen LogP contribution in [0.5, 0.6) is 0 Å². The molecule has 3 aromatic rings. The van der Waals surface area contributed by atoms with E-state index < -0.39 is 0 Å². The minimum absolute atomic E-state index is 0.0492. The number of nitrogens with zero attached hydrogens (tertiary/aromatic N) is 4. The molecule has 0 saturated carbocycles. The van der Waals surface area contributed by atoms with Gasteiger partial charge in [-0.15, -0.1) is 0 Å². The number of aryl methyl sites for hydroxylation is 1. The first kappa shape index (κ1) is 13.9. The lowest BCUT2D eigenvalue weighted by atomic mass is 10.1. The molecule has 2 aromatic heterocycles. The van der Waals surface area contributed by atoms with Crippen molar-refractivity contribution in [3.8, 4) is 0 Å². The van der Waals surface area contributed by atoms with Gasteiger partial charge in [-0.2, -0.15) is 0 Å². The van der Waals surface area contributed by atoms with Gasteiger partial charge in [0.1, 0.15) is 5.82 Å². The zero-order valence-electron chi connectivity index (χ0n) is 13.3. The Morgan fingerprint density at radius 2 is 2.04 bits per heavy atom. The van der Waals surface area contributed by atoms with E-state index in [2.05, 4.69) is 21.5 Å². The molecule has 23 heavy (non-hydrogen) atoms. The molecule has 3 heterocycles. The molecule has 0 radical (unpaired) electrons. The van der Waals surface area contributed by atoms with Gasteiger partial charge in [-0.25, -0.2) is 4.98 Å². The van der Waals surface area contributed by atoms with Gasteiger partial charge in [-0.3, -0.25) is 9.78 Å². The van der Waals surface area contributed by atoms with Crippen LogP contribution in [0.15, 0.2) is 36.7 Å². The predicted octanol–water partition coefficient (Wildman–Crippen LogP) is 2.70. The van der Waals surface area contributed by atoms with Crippen molar-refractivity contribution in [3.63, 3.8) is 0 Å². The Labute approximate surface area is 134 Å². The molecule has 0 N–H and O–H groups in total. The number of hydrogen-bond acceptors (Lipinski definition) is 3. The summed E-state index contributed by atoms with van der Waals surface area (Å²) in [7, 11) is 0. The van der Waals surface area contributed by atoms with Crippen LogP contribution in [-0.4, -0.2) is 31.9 Å². The zero-order chi connectivity index (χ0) is 16.0. The number of pyridine rings is 1. The van der Waals surface area contributed by atoms with Gasteiger partial charge >= 0.3 is 0 Å². The first-order chi connectivity index (χ1) is 11.1. The number of aromatic nitrogens is 3. The molecule has 0 saturated heterocycles. The normalized spacial score (nSPS) is 14.1. The highest BCUT2D eigenvalue weighted by molar-refractivity contribution is 6.06. The molecular formula is C18H18N4O. The summed E-state index contributed by atoms with van der Waals surface area (Å²) in [6.45, 7) is 6.17. The summed E-state index contributed by atoms with van der Waals surface area (Å²) in [6, 6.07) is 7.74. The summed E-state index contributed by atoms with van der Waals surface area (Å²) in [5.74, 6) is 1.02. The Bertz CT molecular complexity index is 907. The minimum atomic E-state index is 0.0492. The fourth-order valence-corrected chi connectivity index (χ4v) is 3.26. The standard InChI is InChI=1S/C18H18N4O/c1-12-13(2)22-9-8-21(11-17(22)20-12)18(23)15-5-3-4-14-6-7-19-10-16(14)15/h3-7,10H,8-9,11H2,1-2H3. The lowest BCUT2D eigenvalue weighted by Gasteiger charge is -2.28. The first-order valence-corrected chi connectivity index (χ1v) is 7.80. The molecule has 1 aliphatic rings. The summed E-state index contributed by atoms with van der Waals surface area (Å²) in [4.78, 5) is 23.6. The minimum Gasteiger partial charge on any atom is -0.329 e. The summed E-state index contributed by atoms with van der Waals surface area (Å²) < 4.78 is 2.21. The maximum absolute atomic E-state index is 13.0. The SMILES string of the molecule is Cc1nc2n(c1C)CCN(C(=O)c1cccc3ccncc13)C2. The van der Waals surface area contributed by atoms with E-state index in [0.717, 1.165) is 28.8 Å². The largest absolute Gasteiger partial charge is 0.329 e. The molecule has 0 aliphatic carbocycles. The van der Waals surface area contributed by atoms with Crippen LogP contribution in [0.25, 0.3) is 10.8 Å².